The largest absolute Gasteiger partial charge is 0.496 e. The van der Waals surface area contributed by atoms with Crippen LogP contribution in [0, 0.1) is 18.3 Å². The van der Waals surface area contributed by atoms with Gasteiger partial charge in [0.2, 0.25) is 0 Å². The maximum Gasteiger partial charge on any atom is 0.157 e. The van der Waals surface area contributed by atoms with Gasteiger partial charge < -0.3 is 14.8 Å². The Balaban J connectivity index is 1.56. The van der Waals surface area contributed by atoms with Gasteiger partial charge in [0, 0.05) is 24.4 Å². The van der Waals surface area contributed by atoms with Crippen LogP contribution >= 0.6 is 0 Å². The highest BCUT2D eigenvalue weighted by molar-refractivity contribution is 5.85. The lowest BCUT2D eigenvalue weighted by Gasteiger charge is -2.17. The molecule has 0 saturated carbocycles. The number of methoxy groups -OCH3 is 1. The van der Waals surface area contributed by atoms with E-state index in [1.54, 1.807) is 24.3 Å². The normalized spacial score (nSPS) is 10.3. The van der Waals surface area contributed by atoms with E-state index in [-0.39, 0.29) is 6.61 Å². The molecule has 0 spiro atoms. The first-order valence-corrected chi connectivity index (χ1v) is 11.3. The molecule has 0 aliphatic carbocycles. The summed E-state index contributed by atoms with van der Waals surface area (Å²) in [6.45, 7) is 2.94. The lowest BCUT2D eigenvalue weighted by molar-refractivity contribution is 0.111. The van der Waals surface area contributed by atoms with Crippen molar-refractivity contribution in [3.05, 3.63) is 113 Å². The molecule has 1 N–H and O–H groups in total. The third-order valence-corrected chi connectivity index (χ3v) is 5.91. The number of ether oxygens (including phenoxy) is 2. The van der Waals surface area contributed by atoms with Crippen molar-refractivity contribution in [1.82, 2.24) is 0 Å². The van der Waals surface area contributed by atoms with E-state index in [9.17, 15) is 4.79 Å². The van der Waals surface area contributed by atoms with Gasteiger partial charge in [-0.1, -0.05) is 60.7 Å². The Labute approximate surface area is 205 Å². The van der Waals surface area contributed by atoms with Crippen molar-refractivity contribution in [2.24, 2.45) is 0 Å². The number of nitrogens with zero attached hydrogens (tertiary/aromatic N) is 1. The number of nitriles is 1. The summed E-state index contributed by atoms with van der Waals surface area (Å²) in [5.74, 6) is 0.847. The number of aldehydes is 1. The van der Waals surface area contributed by atoms with Crippen molar-refractivity contribution < 1.29 is 14.3 Å². The highest BCUT2D eigenvalue weighted by Gasteiger charge is 2.14. The maximum atomic E-state index is 11.8. The Morgan fingerprint density at radius 3 is 2.46 bits per heavy atom. The maximum absolute atomic E-state index is 11.8. The molecule has 174 valence electrons. The Bertz CT molecular complexity index is 1370. The summed E-state index contributed by atoms with van der Waals surface area (Å²) >= 11 is 0. The second kappa shape index (κ2) is 11.0. The highest BCUT2D eigenvalue weighted by atomic mass is 16.5. The van der Waals surface area contributed by atoms with E-state index in [0.717, 1.165) is 17.5 Å². The van der Waals surface area contributed by atoms with Crippen molar-refractivity contribution in [3.63, 3.8) is 0 Å². The Kier molecular flexibility index (Phi) is 7.44. The average molecular weight is 463 g/mol. The SMILES string of the molecule is COc1cc(NCc2cccc(-c3ccccc3)c2C)cc(OCc2cccc(C#N)c2)c1C=O. The third kappa shape index (κ3) is 5.51. The molecule has 0 aliphatic rings. The van der Waals surface area contributed by atoms with Gasteiger partial charge in [0.05, 0.1) is 24.3 Å². The summed E-state index contributed by atoms with van der Waals surface area (Å²) in [6.07, 6.45) is 0.733. The Hall–Kier alpha value is -4.56. The van der Waals surface area contributed by atoms with E-state index in [1.165, 1.54) is 29.4 Å². The predicted molar refractivity (Wildman–Crippen MR) is 138 cm³/mol. The molecule has 0 aliphatic heterocycles. The molecule has 0 atom stereocenters. The number of benzene rings is 4. The average Bonchev–Trinajstić information content (AvgIpc) is 2.91. The van der Waals surface area contributed by atoms with Crippen LogP contribution < -0.4 is 14.8 Å². The van der Waals surface area contributed by atoms with Gasteiger partial charge >= 0.3 is 0 Å². The monoisotopic (exact) mass is 462 g/mol. The fraction of sp³-hybridized carbons (Fsp3) is 0.133. The van der Waals surface area contributed by atoms with E-state index < -0.39 is 0 Å². The minimum atomic E-state index is 0.223. The summed E-state index contributed by atoms with van der Waals surface area (Å²) in [4.78, 5) is 11.8. The summed E-state index contributed by atoms with van der Waals surface area (Å²) in [5.41, 5.74) is 7.27. The van der Waals surface area contributed by atoms with Gasteiger partial charge in [-0.05, 0) is 46.9 Å². The van der Waals surface area contributed by atoms with Crippen LogP contribution in [0.5, 0.6) is 11.5 Å². The molecule has 0 saturated heterocycles. The van der Waals surface area contributed by atoms with Gasteiger partial charge in [-0.25, -0.2) is 0 Å². The topological polar surface area (TPSA) is 71.3 Å². The quantitative estimate of drug-likeness (QED) is 0.286. The lowest BCUT2D eigenvalue weighted by atomic mass is 9.96. The standard InChI is InChI=1S/C30H26N2O3/c1-21-25(12-7-13-27(21)24-10-4-3-5-11-24)18-32-26-15-29(34-2)28(19-33)30(16-26)35-20-23-9-6-8-22(14-23)17-31/h3-16,19,32H,18,20H2,1-2H3. The second-order valence-corrected chi connectivity index (χ2v) is 8.12. The van der Waals surface area contributed by atoms with Crippen LogP contribution in [0.2, 0.25) is 0 Å². The van der Waals surface area contributed by atoms with Gasteiger partial charge in [0.25, 0.3) is 0 Å². The molecule has 0 heterocycles. The molecule has 0 aromatic heterocycles. The number of carbonyl (C=O) groups is 1. The highest BCUT2D eigenvalue weighted by Crippen LogP contribution is 2.33. The number of rotatable bonds is 9. The van der Waals surface area contributed by atoms with Gasteiger partial charge in [-0.3, -0.25) is 4.79 Å². The summed E-state index contributed by atoms with van der Waals surface area (Å²) in [5, 5.41) is 12.6. The van der Waals surface area contributed by atoms with E-state index in [0.29, 0.717) is 29.2 Å². The van der Waals surface area contributed by atoms with Crippen molar-refractivity contribution >= 4 is 12.0 Å². The number of hydrogen-bond acceptors (Lipinski definition) is 5. The van der Waals surface area contributed by atoms with E-state index in [1.807, 2.05) is 30.3 Å². The molecule has 0 bridgehead atoms. The van der Waals surface area contributed by atoms with Crippen LogP contribution in [0.25, 0.3) is 11.1 Å². The molecule has 0 unspecified atom stereocenters. The molecular weight excluding hydrogens is 436 g/mol. The molecule has 5 nitrogen and oxygen atoms in total. The zero-order valence-corrected chi connectivity index (χ0v) is 19.7. The van der Waals surface area contributed by atoms with Crippen molar-refractivity contribution in [2.75, 3.05) is 12.4 Å². The van der Waals surface area contributed by atoms with Gasteiger partial charge in [-0.15, -0.1) is 0 Å². The van der Waals surface area contributed by atoms with Gasteiger partial charge in [0.15, 0.2) is 6.29 Å². The molecule has 0 radical (unpaired) electrons. The van der Waals surface area contributed by atoms with E-state index in [2.05, 4.69) is 48.6 Å². The van der Waals surface area contributed by atoms with Crippen LogP contribution in [-0.4, -0.2) is 13.4 Å². The molecule has 5 heteroatoms. The zero-order valence-electron chi connectivity index (χ0n) is 19.7. The summed E-state index contributed by atoms with van der Waals surface area (Å²) < 4.78 is 11.5. The van der Waals surface area contributed by atoms with Crippen LogP contribution in [0.3, 0.4) is 0 Å². The molecule has 4 aromatic rings. The number of hydrogen-bond donors (Lipinski definition) is 1. The lowest BCUT2D eigenvalue weighted by Crippen LogP contribution is -2.05. The number of nitrogens with one attached hydrogen (secondary N) is 1. The number of carbonyl (C=O) groups excluding carboxylic acids is 1. The zero-order chi connectivity index (χ0) is 24.6. The fourth-order valence-electron chi connectivity index (χ4n) is 4.00. The second-order valence-electron chi connectivity index (χ2n) is 8.12. The van der Waals surface area contributed by atoms with Crippen molar-refractivity contribution in [1.29, 1.82) is 5.26 Å². The summed E-state index contributed by atoms with van der Waals surface area (Å²) in [6, 6.07) is 29.5. The number of anilines is 1. The first-order chi connectivity index (χ1) is 17.1. The minimum Gasteiger partial charge on any atom is -0.496 e. The Morgan fingerprint density at radius 1 is 0.943 bits per heavy atom. The summed E-state index contributed by atoms with van der Waals surface area (Å²) in [7, 11) is 1.53. The van der Waals surface area contributed by atoms with Crippen molar-refractivity contribution in [3.8, 4) is 28.7 Å². The molecule has 35 heavy (non-hydrogen) atoms. The first-order valence-electron chi connectivity index (χ1n) is 11.3. The van der Waals surface area contributed by atoms with Gasteiger partial charge in [0.1, 0.15) is 18.1 Å². The van der Waals surface area contributed by atoms with Crippen LogP contribution in [0.15, 0.2) is 84.9 Å². The fourth-order valence-corrected chi connectivity index (χ4v) is 4.00. The van der Waals surface area contributed by atoms with E-state index in [4.69, 9.17) is 14.7 Å². The predicted octanol–water partition coefficient (Wildman–Crippen LogP) is 6.55. The smallest absolute Gasteiger partial charge is 0.157 e. The van der Waals surface area contributed by atoms with E-state index >= 15 is 0 Å². The molecule has 4 rings (SSSR count). The van der Waals surface area contributed by atoms with Crippen LogP contribution in [0.4, 0.5) is 5.69 Å². The van der Waals surface area contributed by atoms with Crippen LogP contribution in [-0.2, 0) is 13.2 Å². The van der Waals surface area contributed by atoms with Crippen molar-refractivity contribution in [2.45, 2.75) is 20.1 Å². The van der Waals surface area contributed by atoms with Crippen LogP contribution in [0.1, 0.15) is 32.6 Å². The van der Waals surface area contributed by atoms with Gasteiger partial charge in [-0.2, -0.15) is 5.26 Å². The molecule has 0 fully saturated rings. The third-order valence-electron chi connectivity index (χ3n) is 5.91. The first kappa shape index (κ1) is 23.6. The molecular formula is C30H26N2O3. The Morgan fingerprint density at radius 2 is 1.71 bits per heavy atom. The molecule has 4 aromatic carbocycles. The molecule has 0 amide bonds. The minimum absolute atomic E-state index is 0.223.